The van der Waals surface area contributed by atoms with Gasteiger partial charge >= 0.3 is 19.8 Å². The maximum Gasteiger partial charge on any atom is 0.469 e. The van der Waals surface area contributed by atoms with Crippen molar-refractivity contribution in [3.8, 4) is 0 Å². The number of hydrogen-bond acceptors (Lipinski definition) is 7. The van der Waals surface area contributed by atoms with E-state index in [1.165, 1.54) is 70.6 Å². The largest absolute Gasteiger partial charge is 0.469 e. The predicted molar refractivity (Wildman–Crippen MR) is 206 cm³/mol. The highest BCUT2D eigenvalue weighted by molar-refractivity contribution is 7.46. The Morgan fingerprint density at radius 2 is 1.14 bits per heavy atom. The zero-order chi connectivity index (χ0) is 37.3. The number of carbonyl (C=O) groups excluding carboxylic acids is 2. The zero-order valence-electron chi connectivity index (χ0n) is 31.9. The van der Waals surface area contributed by atoms with Crippen LogP contribution in [0.15, 0.2) is 48.6 Å². The molecule has 0 aromatic rings. The smallest absolute Gasteiger partial charge is 0.462 e. The Morgan fingerprint density at radius 1 is 0.627 bits per heavy atom. The van der Waals surface area contributed by atoms with Gasteiger partial charge < -0.3 is 24.0 Å². The third-order valence-corrected chi connectivity index (χ3v) is 9.23. The lowest BCUT2D eigenvalue weighted by Gasteiger charge is -2.18. The van der Waals surface area contributed by atoms with Crippen LogP contribution in [0.4, 0.5) is 0 Å². The van der Waals surface area contributed by atoms with E-state index in [9.17, 15) is 14.2 Å². The van der Waals surface area contributed by atoms with Crippen molar-refractivity contribution in [1.82, 2.24) is 0 Å². The number of rotatable bonds is 35. The molecule has 0 radical (unpaired) electrons. The summed E-state index contributed by atoms with van der Waals surface area (Å²) >= 11 is 0. The molecule has 0 aliphatic carbocycles. The van der Waals surface area contributed by atoms with Gasteiger partial charge in [0.05, 0.1) is 18.8 Å². The van der Waals surface area contributed by atoms with E-state index < -0.39 is 32.5 Å². The Kier molecular flexibility index (Phi) is 30.0. The van der Waals surface area contributed by atoms with Crippen LogP contribution in [0.1, 0.15) is 168 Å². The Hall–Kier alpha value is -2.03. The zero-order valence-corrected chi connectivity index (χ0v) is 32.8. The first-order valence-corrected chi connectivity index (χ1v) is 21.6. The first kappa shape index (κ1) is 47.0. The molecule has 1 saturated heterocycles. The third-order valence-electron chi connectivity index (χ3n) is 8.74. The molecule has 51 heavy (non-hydrogen) atoms. The molecule has 10 heteroatoms. The average molecular weight is 739 g/mol. The van der Waals surface area contributed by atoms with Crippen LogP contribution in [0, 0.1) is 0 Å². The first-order valence-electron chi connectivity index (χ1n) is 20.1. The van der Waals surface area contributed by atoms with Crippen molar-refractivity contribution in [2.45, 2.75) is 186 Å². The number of epoxide rings is 1. The minimum absolute atomic E-state index is 0.114. The molecular weight excluding hydrogens is 667 g/mol. The van der Waals surface area contributed by atoms with E-state index in [1.807, 2.05) is 0 Å². The molecule has 294 valence electrons. The number of phosphoric acid groups is 1. The highest BCUT2D eigenvalue weighted by atomic mass is 31.2. The quantitative estimate of drug-likeness (QED) is 0.0214. The molecule has 0 saturated carbocycles. The Morgan fingerprint density at radius 3 is 1.78 bits per heavy atom. The summed E-state index contributed by atoms with van der Waals surface area (Å²) in [5, 5.41) is 0. The van der Waals surface area contributed by atoms with Gasteiger partial charge in [-0.3, -0.25) is 14.1 Å². The number of unbranched alkanes of at least 4 members (excludes halogenated alkanes) is 14. The Labute approximate surface area is 309 Å². The van der Waals surface area contributed by atoms with Crippen LogP contribution in [0.5, 0.6) is 0 Å². The van der Waals surface area contributed by atoms with Gasteiger partial charge in [0.1, 0.15) is 6.61 Å². The predicted octanol–water partition coefficient (Wildman–Crippen LogP) is 10.9. The molecule has 1 rings (SSSR count). The van der Waals surface area contributed by atoms with Crippen molar-refractivity contribution >= 4 is 19.8 Å². The second kappa shape index (κ2) is 32.6. The molecule has 0 aromatic carbocycles. The van der Waals surface area contributed by atoms with E-state index in [0.29, 0.717) is 19.3 Å². The van der Waals surface area contributed by atoms with Crippen molar-refractivity contribution in [2.75, 3.05) is 13.2 Å². The molecule has 0 amide bonds. The van der Waals surface area contributed by atoms with Crippen LogP contribution in [0.2, 0.25) is 0 Å². The van der Waals surface area contributed by atoms with Crippen LogP contribution in [0.3, 0.4) is 0 Å². The molecule has 2 unspecified atom stereocenters. The lowest BCUT2D eigenvalue weighted by molar-refractivity contribution is -0.161. The highest BCUT2D eigenvalue weighted by Gasteiger charge is 2.36. The summed E-state index contributed by atoms with van der Waals surface area (Å²) in [6.07, 6.45) is 41.3. The number of hydrogen-bond donors (Lipinski definition) is 2. The molecule has 0 bridgehead atoms. The van der Waals surface area contributed by atoms with E-state index >= 15 is 0 Å². The molecule has 1 fully saturated rings. The van der Waals surface area contributed by atoms with Gasteiger partial charge in [-0.1, -0.05) is 127 Å². The molecule has 9 nitrogen and oxygen atoms in total. The average Bonchev–Trinajstić information content (AvgIpc) is 3.85. The van der Waals surface area contributed by atoms with Gasteiger partial charge in [0.15, 0.2) is 6.10 Å². The lowest BCUT2D eigenvalue weighted by atomic mass is 10.1. The summed E-state index contributed by atoms with van der Waals surface area (Å²) in [5.41, 5.74) is 0. The fraction of sp³-hybridized carbons (Fsp3) is 0.756. The Balaban J connectivity index is 2.14. The van der Waals surface area contributed by atoms with Crippen molar-refractivity contribution in [2.24, 2.45) is 0 Å². The van der Waals surface area contributed by atoms with E-state index in [-0.39, 0.29) is 31.7 Å². The molecule has 1 heterocycles. The molecule has 1 aliphatic heterocycles. The summed E-state index contributed by atoms with van der Waals surface area (Å²) < 4.78 is 32.1. The first-order chi connectivity index (χ1) is 24.7. The van der Waals surface area contributed by atoms with E-state index in [1.54, 1.807) is 0 Å². The van der Waals surface area contributed by atoms with Gasteiger partial charge in [0.25, 0.3) is 0 Å². The highest BCUT2D eigenvalue weighted by Crippen LogP contribution is 2.36. The molecule has 1 aliphatic rings. The van der Waals surface area contributed by atoms with E-state index in [2.05, 4.69) is 67.0 Å². The minimum atomic E-state index is -4.78. The van der Waals surface area contributed by atoms with Gasteiger partial charge in [0, 0.05) is 12.8 Å². The van der Waals surface area contributed by atoms with Crippen LogP contribution < -0.4 is 0 Å². The summed E-state index contributed by atoms with van der Waals surface area (Å²) in [4.78, 5) is 42.9. The van der Waals surface area contributed by atoms with Gasteiger partial charge in [-0.05, 0) is 77.0 Å². The topological polar surface area (TPSA) is 132 Å². The second-order valence-corrected chi connectivity index (χ2v) is 14.9. The maximum atomic E-state index is 12.5. The normalized spacial score (nSPS) is 16.9. The summed E-state index contributed by atoms with van der Waals surface area (Å²) in [5.74, 6) is -0.968. The standard InChI is InChI=1S/C41H71O9P/c1-3-5-7-9-11-13-15-17-18-19-21-23-25-27-29-33-40(42)47-35-37(36-48-51(44,45)46)49-41(43)34-30-32-39-38(50-39)31-28-26-24-22-20-16-14-12-10-8-6-4-2/h12-15,20,22,26,28,37-39H,3-11,16-19,21,23-25,27,29-36H2,1-2H3,(H2,44,45,46)/b14-12-,15-13-,22-20-,28-26-/t37-,38?,39?/m1/s1. The molecular formula is C41H71O9P. The van der Waals surface area contributed by atoms with Gasteiger partial charge in [-0.2, -0.15) is 0 Å². The molecule has 2 N–H and O–H groups in total. The molecule has 0 aromatic heterocycles. The van der Waals surface area contributed by atoms with Crippen LogP contribution in [0.25, 0.3) is 0 Å². The second-order valence-electron chi connectivity index (χ2n) is 13.6. The van der Waals surface area contributed by atoms with Crippen molar-refractivity contribution in [3.63, 3.8) is 0 Å². The van der Waals surface area contributed by atoms with Crippen LogP contribution in [-0.2, 0) is 32.9 Å². The number of esters is 2. The molecule has 0 spiro atoms. The van der Waals surface area contributed by atoms with Gasteiger partial charge in [-0.15, -0.1) is 0 Å². The summed E-state index contributed by atoms with van der Waals surface area (Å²) in [6, 6.07) is 0. The lowest BCUT2D eigenvalue weighted by Crippen LogP contribution is -2.29. The van der Waals surface area contributed by atoms with Crippen LogP contribution in [-0.4, -0.2) is 53.3 Å². The SMILES string of the molecule is CCCCC/C=C\C/C=C\C/C=C\CC1OC1CCCC(=O)O[C@H](COC(=O)CCCCCCCCC/C=C\CCCCCC)COP(=O)(O)O. The van der Waals surface area contributed by atoms with Gasteiger partial charge in [-0.25, -0.2) is 4.57 Å². The van der Waals surface area contributed by atoms with Crippen molar-refractivity contribution < 1.29 is 42.7 Å². The van der Waals surface area contributed by atoms with E-state index in [4.69, 9.17) is 24.0 Å². The number of phosphoric ester groups is 1. The minimum Gasteiger partial charge on any atom is -0.462 e. The Bertz CT molecular complexity index is 1030. The monoisotopic (exact) mass is 738 g/mol. The fourth-order valence-electron chi connectivity index (χ4n) is 5.63. The molecule has 3 atom stereocenters. The van der Waals surface area contributed by atoms with E-state index in [0.717, 1.165) is 51.4 Å². The van der Waals surface area contributed by atoms with Crippen molar-refractivity contribution in [3.05, 3.63) is 48.6 Å². The van der Waals surface area contributed by atoms with Gasteiger partial charge in [0.2, 0.25) is 0 Å². The summed E-state index contributed by atoms with van der Waals surface area (Å²) in [6.45, 7) is 3.57. The summed E-state index contributed by atoms with van der Waals surface area (Å²) in [7, 11) is -4.78. The van der Waals surface area contributed by atoms with Crippen molar-refractivity contribution in [1.29, 1.82) is 0 Å². The van der Waals surface area contributed by atoms with Crippen LogP contribution >= 0.6 is 7.82 Å². The third kappa shape index (κ3) is 32.4. The number of ether oxygens (including phenoxy) is 3. The number of carbonyl (C=O) groups is 2. The number of allylic oxidation sites excluding steroid dienone is 7. The fourth-order valence-corrected chi connectivity index (χ4v) is 5.99. The maximum absolute atomic E-state index is 12.5.